The number of aromatic nitrogens is 1. The Bertz CT molecular complexity index is 1820. The molecule has 4 aromatic rings. The van der Waals surface area contributed by atoms with E-state index in [1.165, 1.54) is 4.90 Å². The number of nitrogens with zero attached hydrogens (tertiary/aromatic N) is 3. The Morgan fingerprint density at radius 1 is 1.03 bits per heavy atom. The monoisotopic (exact) mass is 535 g/mol. The van der Waals surface area contributed by atoms with Gasteiger partial charge in [0.1, 0.15) is 11.0 Å². The zero-order chi connectivity index (χ0) is 27.3. The average molecular weight is 536 g/mol. The molecule has 2 N–H and O–H groups in total. The van der Waals surface area contributed by atoms with Gasteiger partial charge in [0.15, 0.2) is 11.2 Å². The van der Waals surface area contributed by atoms with Crippen LogP contribution in [0.15, 0.2) is 72.9 Å². The molecule has 0 unspecified atom stereocenters. The number of nitrogens with one attached hydrogen (secondary N) is 2. The second-order valence-corrected chi connectivity index (χ2v) is 10.9. The largest absolute Gasteiger partial charge is 0.360 e. The number of amides is 2. The van der Waals surface area contributed by atoms with Crippen LogP contribution in [0.5, 0.6) is 0 Å². The lowest BCUT2D eigenvalue weighted by Crippen LogP contribution is -2.65. The zero-order valence-corrected chi connectivity index (χ0v) is 21.8. The first kappa shape index (κ1) is 23.7. The van der Waals surface area contributed by atoms with E-state index in [9.17, 15) is 19.6 Å². The molecular weight excluding hydrogens is 514 g/mol. The maximum Gasteiger partial charge on any atom is 0.253 e. The van der Waals surface area contributed by atoms with Gasteiger partial charge in [-0.05, 0) is 42.9 Å². The molecule has 2 amide bonds. The third-order valence-corrected chi connectivity index (χ3v) is 9.12. The summed E-state index contributed by atoms with van der Waals surface area (Å²) in [6.07, 6.45) is 1.58. The molecule has 39 heavy (non-hydrogen) atoms. The molecule has 2 spiro atoms. The van der Waals surface area contributed by atoms with Crippen molar-refractivity contribution in [1.29, 1.82) is 5.26 Å². The molecule has 0 bridgehead atoms. The lowest BCUT2D eigenvalue weighted by atomic mass is 9.51. The second kappa shape index (κ2) is 7.56. The molecule has 8 nitrogen and oxygen atoms in total. The molecule has 192 valence electrons. The molecule has 4 heterocycles. The lowest BCUT2D eigenvalue weighted by Gasteiger charge is -2.45. The van der Waals surface area contributed by atoms with E-state index in [0.29, 0.717) is 38.5 Å². The predicted octanol–water partition coefficient (Wildman–Crippen LogP) is 4.22. The summed E-state index contributed by atoms with van der Waals surface area (Å²) in [5.41, 5.74) is -2.62. The number of hydrogen-bond acceptors (Lipinski definition) is 5. The number of aromatic amines is 1. The van der Waals surface area contributed by atoms with Gasteiger partial charge in [-0.1, -0.05) is 48.0 Å². The van der Waals surface area contributed by atoms with Crippen LogP contribution in [-0.2, 0) is 20.5 Å². The number of hydrogen-bond donors (Lipinski definition) is 2. The number of para-hydroxylation sites is 2. The van der Waals surface area contributed by atoms with Gasteiger partial charge in [0.25, 0.3) is 5.91 Å². The number of nitriles is 1. The summed E-state index contributed by atoms with van der Waals surface area (Å²) < 4.78 is 0. The van der Waals surface area contributed by atoms with Crippen molar-refractivity contribution in [2.45, 2.75) is 11.0 Å². The smallest absolute Gasteiger partial charge is 0.253 e. The third kappa shape index (κ3) is 2.42. The van der Waals surface area contributed by atoms with Gasteiger partial charge < -0.3 is 15.2 Å². The SMILES string of the molecule is CN1C(=O)[C@@]2(c3cc(Cl)ccc31)N(C)C[C@](C#N)(C(=O)c1c[nH]c3ccccc13)[C@]21C(=O)Nc2ccccc21. The van der Waals surface area contributed by atoms with E-state index in [0.717, 1.165) is 5.52 Å². The molecule has 0 aliphatic carbocycles. The first-order valence-electron chi connectivity index (χ1n) is 12.5. The molecule has 0 saturated carbocycles. The van der Waals surface area contributed by atoms with E-state index in [-0.39, 0.29) is 6.54 Å². The first-order valence-corrected chi connectivity index (χ1v) is 12.9. The van der Waals surface area contributed by atoms with E-state index in [1.54, 1.807) is 73.7 Å². The first-order chi connectivity index (χ1) is 18.8. The van der Waals surface area contributed by atoms with Crippen LogP contribution in [0.2, 0.25) is 5.02 Å². The summed E-state index contributed by atoms with van der Waals surface area (Å²) in [7, 11) is 3.33. The number of likely N-dealkylation sites (N-methyl/N-ethyl adjacent to an activating group) is 2. The second-order valence-electron chi connectivity index (χ2n) is 10.4. The van der Waals surface area contributed by atoms with E-state index in [1.807, 2.05) is 18.2 Å². The Labute approximate surface area is 228 Å². The minimum atomic E-state index is -1.97. The van der Waals surface area contributed by atoms with Gasteiger partial charge in [-0.15, -0.1) is 0 Å². The summed E-state index contributed by atoms with van der Waals surface area (Å²) in [4.78, 5) is 50.3. The summed E-state index contributed by atoms with van der Waals surface area (Å²) >= 11 is 6.49. The molecule has 9 heteroatoms. The minimum absolute atomic E-state index is 0.158. The fourth-order valence-corrected chi connectivity index (χ4v) is 7.59. The highest BCUT2D eigenvalue weighted by atomic mass is 35.5. The summed E-state index contributed by atoms with van der Waals surface area (Å²) in [5.74, 6) is -1.50. The molecule has 3 aliphatic heterocycles. The van der Waals surface area contributed by atoms with Crippen molar-refractivity contribution in [1.82, 2.24) is 9.88 Å². The highest BCUT2D eigenvalue weighted by Gasteiger charge is 2.84. The number of carbonyl (C=O) groups excluding carboxylic acids is 3. The Morgan fingerprint density at radius 3 is 2.56 bits per heavy atom. The van der Waals surface area contributed by atoms with E-state index < -0.39 is 34.0 Å². The molecular formula is C30H22ClN5O3. The Kier molecular flexibility index (Phi) is 4.59. The number of ketones is 1. The van der Waals surface area contributed by atoms with E-state index in [2.05, 4.69) is 16.4 Å². The van der Waals surface area contributed by atoms with Crippen molar-refractivity contribution >= 4 is 51.5 Å². The van der Waals surface area contributed by atoms with Gasteiger partial charge in [-0.3, -0.25) is 19.3 Å². The topological polar surface area (TPSA) is 109 Å². The number of H-pyrrole nitrogens is 1. The molecule has 1 aromatic heterocycles. The highest BCUT2D eigenvalue weighted by molar-refractivity contribution is 6.31. The highest BCUT2D eigenvalue weighted by Crippen LogP contribution is 2.69. The standard InChI is InChI=1S/C30H22ClN5O3/c1-35-16-28(15-32,25(37)19-14-33-22-9-5-3-7-18(19)22)29(20-8-4-6-10-23(20)34-26(29)38)30(35)21-13-17(31)11-12-24(21)36(2)27(30)39/h3-14,33H,16H2,1-2H3,(H,34,38)/t28-,29+,30-/m1/s1. The van der Waals surface area contributed by atoms with Gasteiger partial charge >= 0.3 is 0 Å². The van der Waals surface area contributed by atoms with Crippen LogP contribution in [0.4, 0.5) is 11.4 Å². The van der Waals surface area contributed by atoms with Crippen LogP contribution in [0.25, 0.3) is 10.9 Å². The van der Waals surface area contributed by atoms with Gasteiger partial charge in [0, 0.05) is 58.2 Å². The van der Waals surface area contributed by atoms with Gasteiger partial charge in [-0.25, -0.2) is 0 Å². The maximum atomic E-state index is 14.8. The van der Waals surface area contributed by atoms with Crippen LogP contribution < -0.4 is 10.2 Å². The fraction of sp³-hybridized carbons (Fsp3) is 0.200. The number of Topliss-reactive ketones (excluding diaryl/α,β-unsaturated/α-hetero) is 1. The van der Waals surface area contributed by atoms with Crippen molar-refractivity contribution in [3.63, 3.8) is 0 Å². The number of fused-ring (bicyclic) bond motifs is 6. The van der Waals surface area contributed by atoms with Crippen molar-refractivity contribution < 1.29 is 14.4 Å². The van der Waals surface area contributed by atoms with Crippen LogP contribution in [0.1, 0.15) is 21.5 Å². The Morgan fingerprint density at radius 2 is 1.77 bits per heavy atom. The summed E-state index contributed by atoms with van der Waals surface area (Å²) in [6, 6.07) is 21.7. The van der Waals surface area contributed by atoms with Crippen LogP contribution in [-0.4, -0.2) is 48.1 Å². The minimum Gasteiger partial charge on any atom is -0.360 e. The zero-order valence-electron chi connectivity index (χ0n) is 21.1. The summed E-state index contributed by atoms with van der Waals surface area (Å²) in [5, 5.41) is 15.1. The number of likely N-dealkylation sites (tertiary alicyclic amines) is 1. The van der Waals surface area contributed by atoms with E-state index in [4.69, 9.17) is 11.6 Å². The number of benzene rings is 3. The van der Waals surface area contributed by atoms with Gasteiger partial charge in [0.2, 0.25) is 5.91 Å². The third-order valence-electron chi connectivity index (χ3n) is 8.89. The lowest BCUT2D eigenvalue weighted by molar-refractivity contribution is -0.138. The van der Waals surface area contributed by atoms with Crippen molar-refractivity contribution in [3.8, 4) is 6.07 Å². The molecule has 3 aliphatic rings. The Balaban J connectivity index is 1.64. The van der Waals surface area contributed by atoms with Crippen LogP contribution in [0, 0.1) is 16.7 Å². The van der Waals surface area contributed by atoms with E-state index >= 15 is 0 Å². The van der Waals surface area contributed by atoms with Crippen LogP contribution in [0.3, 0.4) is 0 Å². The fourth-order valence-electron chi connectivity index (χ4n) is 7.42. The van der Waals surface area contributed by atoms with Gasteiger partial charge in [-0.2, -0.15) is 5.26 Å². The van der Waals surface area contributed by atoms with Crippen molar-refractivity contribution in [2.75, 3.05) is 30.9 Å². The number of carbonyl (C=O) groups is 3. The number of rotatable bonds is 2. The molecule has 3 atom stereocenters. The van der Waals surface area contributed by atoms with Crippen molar-refractivity contribution in [3.05, 3.63) is 94.6 Å². The molecule has 0 radical (unpaired) electrons. The number of anilines is 2. The quantitative estimate of drug-likeness (QED) is 0.373. The molecule has 1 saturated heterocycles. The van der Waals surface area contributed by atoms with Crippen molar-refractivity contribution in [2.24, 2.45) is 5.41 Å². The molecule has 3 aromatic carbocycles. The molecule has 1 fully saturated rings. The van der Waals surface area contributed by atoms with Crippen LogP contribution >= 0.6 is 11.6 Å². The Hall–Kier alpha value is -4.45. The maximum absolute atomic E-state index is 14.8. The normalized spacial score (nSPS) is 27.3. The van der Waals surface area contributed by atoms with Gasteiger partial charge in [0.05, 0.1) is 6.07 Å². The predicted molar refractivity (Wildman–Crippen MR) is 147 cm³/mol. The average Bonchev–Trinajstić information content (AvgIpc) is 3.62. The summed E-state index contributed by atoms with van der Waals surface area (Å²) in [6.45, 7) is -0.158. The molecule has 7 rings (SSSR count). The number of halogens is 1.